The second kappa shape index (κ2) is 8.16. The molecule has 0 unspecified atom stereocenters. The van der Waals surface area contributed by atoms with E-state index in [9.17, 15) is 9.90 Å². The van der Waals surface area contributed by atoms with E-state index in [0.717, 1.165) is 18.6 Å². The highest BCUT2D eigenvalue weighted by molar-refractivity contribution is 5.92. The van der Waals surface area contributed by atoms with Gasteiger partial charge >= 0.3 is 0 Å². The Morgan fingerprint density at radius 2 is 2.12 bits per heavy atom. The molecule has 6 heteroatoms. The summed E-state index contributed by atoms with van der Waals surface area (Å²) in [5, 5.41) is 15.6. The lowest BCUT2D eigenvalue weighted by Gasteiger charge is -2.16. The van der Waals surface area contributed by atoms with E-state index in [2.05, 4.69) is 22.6 Å². The van der Waals surface area contributed by atoms with Crippen LogP contribution in [0.2, 0.25) is 0 Å². The van der Waals surface area contributed by atoms with Crippen molar-refractivity contribution in [3.8, 4) is 5.75 Å². The van der Waals surface area contributed by atoms with Gasteiger partial charge in [0, 0.05) is 12.6 Å². The SMILES string of the molecule is C[C@@H](O)CCNC(=O)c1cc(COc2ccc3c(c2)CCCC3)on1. The van der Waals surface area contributed by atoms with Gasteiger partial charge in [0.25, 0.3) is 5.91 Å². The first-order valence-electron chi connectivity index (χ1n) is 8.78. The summed E-state index contributed by atoms with van der Waals surface area (Å²) in [5.41, 5.74) is 2.99. The van der Waals surface area contributed by atoms with Gasteiger partial charge in [-0.05, 0) is 62.3 Å². The number of carbonyl (C=O) groups is 1. The molecule has 1 heterocycles. The highest BCUT2D eigenvalue weighted by atomic mass is 16.5. The fourth-order valence-corrected chi connectivity index (χ4v) is 2.93. The number of ether oxygens (including phenoxy) is 1. The fourth-order valence-electron chi connectivity index (χ4n) is 2.93. The van der Waals surface area contributed by atoms with Gasteiger partial charge in [-0.25, -0.2) is 0 Å². The van der Waals surface area contributed by atoms with Crippen LogP contribution in [0.5, 0.6) is 5.75 Å². The molecule has 1 aromatic heterocycles. The van der Waals surface area contributed by atoms with Gasteiger partial charge in [-0.15, -0.1) is 0 Å². The molecule has 1 atom stereocenters. The number of fused-ring (bicyclic) bond motifs is 1. The maximum Gasteiger partial charge on any atom is 0.273 e. The van der Waals surface area contributed by atoms with E-state index in [0.29, 0.717) is 18.7 Å². The summed E-state index contributed by atoms with van der Waals surface area (Å²) in [5.74, 6) is 0.989. The third-order valence-electron chi connectivity index (χ3n) is 4.34. The predicted molar refractivity (Wildman–Crippen MR) is 92.6 cm³/mol. The number of aryl methyl sites for hydroxylation is 2. The zero-order chi connectivity index (χ0) is 17.6. The number of aromatic nitrogens is 1. The molecule has 134 valence electrons. The van der Waals surface area contributed by atoms with Crippen molar-refractivity contribution < 1.29 is 19.2 Å². The normalized spacial score (nSPS) is 14.6. The molecule has 0 spiro atoms. The summed E-state index contributed by atoms with van der Waals surface area (Å²) in [6.07, 6.45) is 4.78. The molecule has 0 fully saturated rings. The quantitative estimate of drug-likeness (QED) is 0.806. The fraction of sp³-hybridized carbons (Fsp3) is 0.474. The molecule has 0 saturated heterocycles. The summed E-state index contributed by atoms with van der Waals surface area (Å²) in [4.78, 5) is 11.9. The Bertz CT molecular complexity index is 724. The van der Waals surface area contributed by atoms with Crippen LogP contribution in [0.1, 0.15) is 53.6 Å². The van der Waals surface area contributed by atoms with E-state index in [-0.39, 0.29) is 18.2 Å². The number of carbonyl (C=O) groups excluding carboxylic acids is 1. The van der Waals surface area contributed by atoms with Crippen LogP contribution < -0.4 is 10.1 Å². The molecular formula is C19H24N2O4. The molecule has 2 aromatic rings. The number of rotatable bonds is 7. The monoisotopic (exact) mass is 344 g/mol. The van der Waals surface area contributed by atoms with E-state index in [1.165, 1.54) is 24.0 Å². The number of hydrogen-bond acceptors (Lipinski definition) is 5. The second-order valence-corrected chi connectivity index (χ2v) is 6.50. The van der Waals surface area contributed by atoms with Gasteiger partial charge < -0.3 is 19.7 Å². The van der Waals surface area contributed by atoms with Crippen LogP contribution in [0.15, 0.2) is 28.8 Å². The van der Waals surface area contributed by atoms with Crippen LogP contribution in [-0.4, -0.2) is 28.8 Å². The second-order valence-electron chi connectivity index (χ2n) is 6.50. The summed E-state index contributed by atoms with van der Waals surface area (Å²) in [6.45, 7) is 2.30. The average molecular weight is 344 g/mol. The van der Waals surface area contributed by atoms with Crippen LogP contribution >= 0.6 is 0 Å². The highest BCUT2D eigenvalue weighted by Crippen LogP contribution is 2.25. The maximum absolute atomic E-state index is 11.9. The lowest BCUT2D eigenvalue weighted by Crippen LogP contribution is -2.26. The number of nitrogens with zero attached hydrogens (tertiary/aromatic N) is 1. The van der Waals surface area contributed by atoms with Crippen molar-refractivity contribution in [1.29, 1.82) is 0 Å². The van der Waals surface area contributed by atoms with E-state index in [1.54, 1.807) is 13.0 Å². The van der Waals surface area contributed by atoms with E-state index in [1.807, 2.05) is 6.07 Å². The van der Waals surface area contributed by atoms with Crippen LogP contribution in [-0.2, 0) is 19.4 Å². The zero-order valence-corrected chi connectivity index (χ0v) is 14.5. The first kappa shape index (κ1) is 17.5. The van der Waals surface area contributed by atoms with Crippen molar-refractivity contribution in [3.05, 3.63) is 46.8 Å². The maximum atomic E-state index is 11.9. The molecule has 0 aliphatic heterocycles. The Morgan fingerprint density at radius 1 is 1.32 bits per heavy atom. The van der Waals surface area contributed by atoms with Gasteiger partial charge in [-0.1, -0.05) is 11.2 Å². The minimum absolute atomic E-state index is 0.217. The smallest absolute Gasteiger partial charge is 0.273 e. The van der Waals surface area contributed by atoms with Crippen molar-refractivity contribution in [2.24, 2.45) is 0 Å². The summed E-state index contributed by atoms with van der Waals surface area (Å²) in [7, 11) is 0. The number of amides is 1. The third kappa shape index (κ3) is 4.82. The van der Waals surface area contributed by atoms with Crippen LogP contribution in [0.4, 0.5) is 0 Å². The van der Waals surface area contributed by atoms with Crippen molar-refractivity contribution in [2.45, 2.75) is 51.7 Å². The molecule has 1 amide bonds. The van der Waals surface area contributed by atoms with Crippen LogP contribution in [0.25, 0.3) is 0 Å². The molecule has 1 aromatic carbocycles. The standard InChI is InChI=1S/C19H24N2O4/c1-13(22)8-9-20-19(23)18-11-17(25-21-18)12-24-16-7-6-14-4-2-3-5-15(14)10-16/h6-7,10-11,13,22H,2-5,8-9,12H2,1H3,(H,20,23)/t13-/m1/s1. The molecule has 1 aliphatic carbocycles. The first-order chi connectivity index (χ1) is 12.1. The minimum atomic E-state index is -0.446. The van der Waals surface area contributed by atoms with Crippen molar-refractivity contribution in [3.63, 3.8) is 0 Å². The van der Waals surface area contributed by atoms with E-state index >= 15 is 0 Å². The van der Waals surface area contributed by atoms with E-state index in [4.69, 9.17) is 9.26 Å². The molecule has 2 N–H and O–H groups in total. The molecule has 0 radical (unpaired) electrons. The lowest BCUT2D eigenvalue weighted by atomic mass is 9.92. The van der Waals surface area contributed by atoms with Gasteiger partial charge in [0.15, 0.2) is 11.5 Å². The topological polar surface area (TPSA) is 84.6 Å². The Hall–Kier alpha value is -2.34. The van der Waals surface area contributed by atoms with Crippen molar-refractivity contribution in [1.82, 2.24) is 10.5 Å². The molecule has 1 aliphatic rings. The van der Waals surface area contributed by atoms with E-state index < -0.39 is 6.10 Å². The largest absolute Gasteiger partial charge is 0.486 e. The van der Waals surface area contributed by atoms with Crippen molar-refractivity contribution >= 4 is 5.91 Å². The molecular weight excluding hydrogens is 320 g/mol. The Labute approximate surface area is 147 Å². The van der Waals surface area contributed by atoms with Crippen molar-refractivity contribution in [2.75, 3.05) is 6.54 Å². The number of aliphatic hydroxyl groups is 1. The van der Waals surface area contributed by atoms with Gasteiger partial charge in [0.1, 0.15) is 12.4 Å². The average Bonchev–Trinajstić information content (AvgIpc) is 3.08. The Morgan fingerprint density at radius 3 is 2.92 bits per heavy atom. The molecule has 0 bridgehead atoms. The Kier molecular flexibility index (Phi) is 5.71. The van der Waals surface area contributed by atoms with Crippen LogP contribution in [0.3, 0.4) is 0 Å². The van der Waals surface area contributed by atoms with Gasteiger partial charge in [0.2, 0.25) is 0 Å². The molecule has 6 nitrogen and oxygen atoms in total. The molecule has 3 rings (SSSR count). The predicted octanol–water partition coefficient (Wildman–Crippen LogP) is 2.63. The molecule has 25 heavy (non-hydrogen) atoms. The third-order valence-corrected chi connectivity index (χ3v) is 4.34. The summed E-state index contributed by atoms with van der Waals surface area (Å²) >= 11 is 0. The summed E-state index contributed by atoms with van der Waals surface area (Å²) < 4.78 is 10.9. The van der Waals surface area contributed by atoms with Gasteiger partial charge in [-0.3, -0.25) is 4.79 Å². The van der Waals surface area contributed by atoms with Gasteiger partial charge in [0.05, 0.1) is 6.10 Å². The number of hydrogen-bond donors (Lipinski definition) is 2. The number of nitrogens with one attached hydrogen (secondary N) is 1. The zero-order valence-electron chi connectivity index (χ0n) is 14.5. The number of aliphatic hydroxyl groups excluding tert-OH is 1. The lowest BCUT2D eigenvalue weighted by molar-refractivity contribution is 0.0936. The summed E-state index contributed by atoms with van der Waals surface area (Å²) in [6, 6.07) is 7.78. The number of benzene rings is 1. The van der Waals surface area contributed by atoms with Gasteiger partial charge in [-0.2, -0.15) is 0 Å². The van der Waals surface area contributed by atoms with Crippen LogP contribution in [0, 0.1) is 0 Å². The molecule has 0 saturated carbocycles. The first-order valence-corrected chi connectivity index (χ1v) is 8.78. The highest BCUT2D eigenvalue weighted by Gasteiger charge is 2.14. The minimum Gasteiger partial charge on any atom is -0.486 e. The Balaban J connectivity index is 1.52.